The summed E-state index contributed by atoms with van der Waals surface area (Å²) >= 11 is 0.980. The molecule has 9 heteroatoms. The zero-order chi connectivity index (χ0) is 21.0. The van der Waals surface area contributed by atoms with Gasteiger partial charge in [-0.05, 0) is 24.6 Å². The number of aliphatic hydroxyl groups excluding tert-OH is 1. The Kier molecular flexibility index (Phi) is 6.31. The van der Waals surface area contributed by atoms with Gasteiger partial charge in [-0.3, -0.25) is 0 Å². The molecule has 1 aromatic heterocycles. The Balaban J connectivity index is 2.14. The number of thiophene rings is 1. The van der Waals surface area contributed by atoms with Crippen LogP contribution in [0, 0.1) is 5.82 Å². The van der Waals surface area contributed by atoms with Crippen molar-refractivity contribution in [1.82, 2.24) is 5.32 Å². The molecule has 29 heavy (non-hydrogen) atoms. The molecule has 0 spiro atoms. The Labute approximate surface area is 171 Å². The molecule has 1 heterocycles. The summed E-state index contributed by atoms with van der Waals surface area (Å²) in [6.45, 7) is -0.417. The van der Waals surface area contributed by atoms with E-state index in [1.807, 2.05) is 0 Å². The predicted molar refractivity (Wildman–Crippen MR) is 107 cm³/mol. The molecule has 3 aromatic rings. The van der Waals surface area contributed by atoms with Crippen molar-refractivity contribution in [3.63, 3.8) is 0 Å². The number of amides is 1. The van der Waals surface area contributed by atoms with Crippen molar-refractivity contribution in [3.8, 4) is 11.1 Å². The van der Waals surface area contributed by atoms with E-state index in [1.165, 1.54) is 24.3 Å². The quantitative estimate of drug-likeness (QED) is 0.525. The molecule has 0 bridgehead atoms. The highest BCUT2D eigenvalue weighted by atomic mass is 32.2. The summed E-state index contributed by atoms with van der Waals surface area (Å²) in [6, 6.07) is 13.8. The van der Waals surface area contributed by atoms with Crippen molar-refractivity contribution >= 4 is 27.3 Å². The van der Waals surface area contributed by atoms with Gasteiger partial charge in [-0.15, -0.1) is 11.3 Å². The average Bonchev–Trinajstić information content (AvgIpc) is 3.13. The van der Waals surface area contributed by atoms with Gasteiger partial charge in [0.15, 0.2) is 0 Å². The van der Waals surface area contributed by atoms with E-state index in [1.54, 1.807) is 30.3 Å². The summed E-state index contributed by atoms with van der Waals surface area (Å²) in [5.74, 6) is -0.687. The van der Waals surface area contributed by atoms with E-state index in [0.717, 1.165) is 11.3 Å². The van der Waals surface area contributed by atoms with Crippen molar-refractivity contribution in [2.45, 2.75) is 22.1 Å². The maximum atomic E-state index is 14.9. The lowest BCUT2D eigenvalue weighted by Crippen LogP contribution is -2.22. The number of rotatable bonds is 7. The lowest BCUT2D eigenvalue weighted by Gasteiger charge is -2.09. The van der Waals surface area contributed by atoms with Gasteiger partial charge in [-0.25, -0.2) is 17.6 Å². The number of carbonyl (C=O) groups is 1. The van der Waals surface area contributed by atoms with Crippen molar-refractivity contribution in [1.29, 1.82) is 0 Å². The van der Waals surface area contributed by atoms with Gasteiger partial charge in [0, 0.05) is 28.1 Å². The summed E-state index contributed by atoms with van der Waals surface area (Å²) < 4.78 is 41.3. The minimum absolute atomic E-state index is 0.0250. The van der Waals surface area contributed by atoms with Crippen LogP contribution >= 0.6 is 11.3 Å². The first-order chi connectivity index (χ1) is 13.8. The van der Waals surface area contributed by atoms with Crippen LogP contribution in [0.15, 0.2) is 63.7 Å². The van der Waals surface area contributed by atoms with Crippen LogP contribution in [0.2, 0.25) is 0 Å². The van der Waals surface area contributed by atoms with Gasteiger partial charge in [-0.2, -0.15) is 0 Å². The highest BCUT2D eigenvalue weighted by Crippen LogP contribution is 2.40. The molecule has 3 rings (SSSR count). The van der Waals surface area contributed by atoms with Gasteiger partial charge in [0.25, 0.3) is 0 Å². The largest absolute Gasteiger partial charge is 0.465 e. The summed E-state index contributed by atoms with van der Waals surface area (Å²) in [6.07, 6.45) is -0.920. The fourth-order valence-corrected chi connectivity index (χ4v) is 5.98. The number of hydrogen-bond acceptors (Lipinski definition) is 5. The first-order valence-corrected chi connectivity index (χ1v) is 10.9. The van der Waals surface area contributed by atoms with Gasteiger partial charge in [0.05, 0.1) is 11.5 Å². The Hall–Kier alpha value is -2.75. The number of sulfone groups is 1. The molecule has 0 aliphatic carbocycles. The molecule has 0 saturated carbocycles. The molecule has 0 radical (unpaired) electrons. The van der Waals surface area contributed by atoms with Gasteiger partial charge >= 0.3 is 6.09 Å². The summed E-state index contributed by atoms with van der Waals surface area (Å²) in [5.41, 5.74) is 0.322. The zero-order valence-electron chi connectivity index (χ0n) is 15.1. The number of hydrogen-bond donors (Lipinski definition) is 3. The second-order valence-corrected chi connectivity index (χ2v) is 9.43. The third-order valence-corrected chi connectivity index (χ3v) is 7.73. The Bertz CT molecular complexity index is 1130. The second-order valence-electron chi connectivity index (χ2n) is 6.15. The van der Waals surface area contributed by atoms with E-state index >= 15 is 0 Å². The Morgan fingerprint density at radius 2 is 1.79 bits per heavy atom. The lowest BCUT2D eigenvalue weighted by atomic mass is 10.0. The fraction of sp³-hybridized carbons (Fsp3) is 0.150. The van der Waals surface area contributed by atoms with Crippen molar-refractivity contribution in [3.05, 3.63) is 70.9 Å². The van der Waals surface area contributed by atoms with Crippen LogP contribution in [0.5, 0.6) is 0 Å². The first kappa shape index (κ1) is 21.0. The van der Waals surface area contributed by atoms with Crippen molar-refractivity contribution in [2.75, 3.05) is 6.54 Å². The molecule has 0 aliphatic heterocycles. The molecular weight excluding hydrogens is 417 g/mol. The van der Waals surface area contributed by atoms with E-state index in [4.69, 9.17) is 5.11 Å². The number of aliphatic hydroxyl groups is 1. The minimum atomic E-state index is -3.92. The lowest BCUT2D eigenvalue weighted by molar-refractivity contribution is 0.194. The molecule has 0 atom stereocenters. The molecule has 6 nitrogen and oxygen atoms in total. The van der Waals surface area contributed by atoms with Gasteiger partial charge < -0.3 is 15.5 Å². The van der Waals surface area contributed by atoms with Crippen LogP contribution in [-0.4, -0.2) is 31.3 Å². The number of carboxylic acid groups (broad SMARTS) is 1. The maximum Gasteiger partial charge on any atom is 0.404 e. The molecule has 0 saturated heterocycles. The zero-order valence-corrected chi connectivity index (χ0v) is 16.8. The third kappa shape index (κ3) is 4.47. The predicted octanol–water partition coefficient (Wildman–Crippen LogP) is 3.69. The Morgan fingerprint density at radius 1 is 1.07 bits per heavy atom. The van der Waals surface area contributed by atoms with Crippen molar-refractivity contribution in [2.24, 2.45) is 0 Å². The molecule has 0 fully saturated rings. The second kappa shape index (κ2) is 8.73. The van der Waals surface area contributed by atoms with Gasteiger partial charge in [0.2, 0.25) is 9.84 Å². The first-order valence-electron chi connectivity index (χ1n) is 8.63. The Morgan fingerprint density at radius 3 is 2.45 bits per heavy atom. The molecule has 2 aromatic carbocycles. The number of nitrogens with one attached hydrogen (secondary N) is 1. The standard InChI is InChI=1S/C20H18FNO5S2/c21-18-13(12-23)5-4-8-16(18)17-11-14(9-10-22-20(24)25)28-19(17)29(26,27)15-6-2-1-3-7-15/h1-8,11,22-23H,9-10,12H2,(H,24,25). The minimum Gasteiger partial charge on any atom is -0.465 e. The molecule has 152 valence electrons. The smallest absolute Gasteiger partial charge is 0.404 e. The SMILES string of the molecule is O=C(O)NCCc1cc(-c2cccc(CO)c2F)c(S(=O)(=O)c2ccccc2)s1. The topological polar surface area (TPSA) is 104 Å². The van der Waals surface area contributed by atoms with Crippen LogP contribution in [0.1, 0.15) is 10.4 Å². The highest BCUT2D eigenvalue weighted by molar-refractivity contribution is 7.93. The van der Waals surface area contributed by atoms with Crippen LogP contribution in [0.4, 0.5) is 9.18 Å². The van der Waals surface area contributed by atoms with Gasteiger partial charge in [-0.1, -0.05) is 36.4 Å². The maximum absolute atomic E-state index is 14.9. The highest BCUT2D eigenvalue weighted by Gasteiger charge is 2.27. The fourth-order valence-electron chi connectivity index (χ4n) is 2.84. The average molecular weight is 435 g/mol. The van der Waals surface area contributed by atoms with Crippen LogP contribution in [0.25, 0.3) is 11.1 Å². The summed E-state index contributed by atoms with van der Waals surface area (Å²) in [7, 11) is -3.92. The van der Waals surface area contributed by atoms with Crippen LogP contribution < -0.4 is 5.32 Å². The number of benzene rings is 2. The summed E-state index contributed by atoms with van der Waals surface area (Å²) in [4.78, 5) is 11.3. The normalized spacial score (nSPS) is 11.4. The van der Waals surface area contributed by atoms with Crippen LogP contribution in [0.3, 0.4) is 0 Å². The van der Waals surface area contributed by atoms with E-state index in [9.17, 15) is 22.7 Å². The van der Waals surface area contributed by atoms with E-state index < -0.39 is 28.4 Å². The summed E-state index contributed by atoms with van der Waals surface area (Å²) in [5, 5.41) is 20.3. The monoisotopic (exact) mass is 435 g/mol. The van der Waals surface area contributed by atoms with Crippen molar-refractivity contribution < 1.29 is 27.8 Å². The van der Waals surface area contributed by atoms with E-state index in [-0.39, 0.29) is 38.8 Å². The van der Waals surface area contributed by atoms with Gasteiger partial charge in [0.1, 0.15) is 10.0 Å². The van der Waals surface area contributed by atoms with E-state index in [0.29, 0.717) is 4.88 Å². The molecule has 0 aliphatic rings. The molecule has 1 amide bonds. The third-order valence-electron chi connectivity index (χ3n) is 4.23. The molecular formula is C20H18FNO5S2. The number of halogens is 1. The molecule has 0 unspecified atom stereocenters. The van der Waals surface area contributed by atoms with E-state index in [2.05, 4.69) is 5.32 Å². The van der Waals surface area contributed by atoms with Crippen LogP contribution in [-0.2, 0) is 22.9 Å². The molecule has 3 N–H and O–H groups in total.